The van der Waals surface area contributed by atoms with E-state index in [-0.39, 0.29) is 6.61 Å². The second-order valence-corrected chi connectivity index (χ2v) is 6.55. The Morgan fingerprint density at radius 1 is 1.67 bits per heavy atom. The zero-order chi connectivity index (χ0) is 11.5. The molecule has 90 valence electrons. The Morgan fingerprint density at radius 2 is 2.33 bits per heavy atom. The van der Waals surface area contributed by atoms with E-state index in [1.165, 1.54) is 0 Å². The summed E-state index contributed by atoms with van der Waals surface area (Å²) in [7, 11) is 0. The van der Waals surface area contributed by atoms with Crippen LogP contribution in [-0.2, 0) is 4.74 Å². The molecule has 0 aliphatic carbocycles. The number of aliphatic hydroxyl groups excluding tert-OH is 1. The van der Waals surface area contributed by atoms with Gasteiger partial charge < -0.3 is 15.6 Å². The summed E-state index contributed by atoms with van der Waals surface area (Å²) in [5.41, 5.74) is 5.48. The van der Waals surface area contributed by atoms with E-state index in [0.29, 0.717) is 16.6 Å². The summed E-state index contributed by atoms with van der Waals surface area (Å²) >= 11 is 1.94. The fourth-order valence-electron chi connectivity index (χ4n) is 1.96. The molecule has 1 aliphatic heterocycles. The van der Waals surface area contributed by atoms with Crippen LogP contribution in [0.2, 0.25) is 0 Å². The largest absolute Gasteiger partial charge is 0.394 e. The molecule has 1 fully saturated rings. The fraction of sp³-hybridized carbons (Fsp3) is 1.00. The summed E-state index contributed by atoms with van der Waals surface area (Å²) < 4.78 is 5.52. The number of hydrogen-bond acceptors (Lipinski definition) is 4. The van der Waals surface area contributed by atoms with Gasteiger partial charge in [-0.1, -0.05) is 6.92 Å². The summed E-state index contributed by atoms with van der Waals surface area (Å²) in [5.74, 6) is 0. The van der Waals surface area contributed by atoms with Crippen LogP contribution >= 0.6 is 11.8 Å². The van der Waals surface area contributed by atoms with Crippen molar-refractivity contribution in [3.63, 3.8) is 0 Å². The van der Waals surface area contributed by atoms with Gasteiger partial charge in [0.15, 0.2) is 0 Å². The number of aliphatic hydroxyl groups is 1. The van der Waals surface area contributed by atoms with Gasteiger partial charge in [-0.3, -0.25) is 0 Å². The van der Waals surface area contributed by atoms with E-state index < -0.39 is 5.54 Å². The molecule has 15 heavy (non-hydrogen) atoms. The first-order chi connectivity index (χ1) is 6.94. The van der Waals surface area contributed by atoms with Crippen LogP contribution < -0.4 is 5.73 Å². The van der Waals surface area contributed by atoms with Crippen LogP contribution in [0.15, 0.2) is 0 Å². The van der Waals surface area contributed by atoms with Crippen LogP contribution in [0.1, 0.15) is 33.6 Å². The van der Waals surface area contributed by atoms with Gasteiger partial charge in [-0.15, -0.1) is 0 Å². The van der Waals surface area contributed by atoms with Gasteiger partial charge in [0.25, 0.3) is 0 Å². The minimum absolute atomic E-state index is 0.0502. The molecular weight excluding hydrogens is 210 g/mol. The Bertz CT molecular complexity index is 199. The highest BCUT2D eigenvalue weighted by molar-refractivity contribution is 8.00. The highest BCUT2D eigenvalue weighted by Gasteiger charge is 2.28. The van der Waals surface area contributed by atoms with E-state index in [1.54, 1.807) is 0 Å². The van der Waals surface area contributed by atoms with Gasteiger partial charge in [0.2, 0.25) is 0 Å². The van der Waals surface area contributed by atoms with E-state index in [1.807, 2.05) is 18.7 Å². The minimum Gasteiger partial charge on any atom is -0.394 e. The summed E-state index contributed by atoms with van der Waals surface area (Å²) in [6.45, 7) is 7.14. The topological polar surface area (TPSA) is 55.5 Å². The first kappa shape index (κ1) is 13.3. The maximum absolute atomic E-state index is 9.10. The molecule has 0 aromatic rings. The quantitative estimate of drug-likeness (QED) is 0.753. The van der Waals surface area contributed by atoms with E-state index in [9.17, 15) is 0 Å². The third-order valence-corrected chi connectivity index (χ3v) is 4.43. The lowest BCUT2D eigenvalue weighted by Crippen LogP contribution is -2.42. The summed E-state index contributed by atoms with van der Waals surface area (Å²) in [5, 5.41) is 10.2. The zero-order valence-corrected chi connectivity index (χ0v) is 10.7. The normalized spacial score (nSPS) is 32.6. The first-order valence-electron chi connectivity index (χ1n) is 5.61. The van der Waals surface area contributed by atoms with Crippen molar-refractivity contribution in [1.29, 1.82) is 0 Å². The second kappa shape index (κ2) is 5.53. The standard InChI is InChI=1S/C11H23NO2S/c1-8(6-11(3,12)7-13)15-10-4-5-14-9(10)2/h8-10,13H,4-7,12H2,1-3H3. The molecule has 0 bridgehead atoms. The van der Waals surface area contributed by atoms with Gasteiger partial charge in [-0.05, 0) is 26.7 Å². The molecule has 4 unspecified atom stereocenters. The Kier molecular flexibility index (Phi) is 4.90. The van der Waals surface area contributed by atoms with E-state index in [4.69, 9.17) is 15.6 Å². The van der Waals surface area contributed by atoms with Crippen LogP contribution in [0.3, 0.4) is 0 Å². The highest BCUT2D eigenvalue weighted by atomic mass is 32.2. The van der Waals surface area contributed by atoms with Crippen molar-refractivity contribution in [2.45, 2.75) is 55.8 Å². The van der Waals surface area contributed by atoms with Crippen molar-refractivity contribution in [1.82, 2.24) is 0 Å². The van der Waals surface area contributed by atoms with E-state index in [0.717, 1.165) is 19.4 Å². The second-order valence-electron chi connectivity index (χ2n) is 4.87. The number of nitrogens with two attached hydrogens (primary N) is 1. The fourth-order valence-corrected chi connectivity index (χ4v) is 3.56. The predicted molar refractivity (Wildman–Crippen MR) is 65.2 cm³/mol. The SMILES string of the molecule is CC(CC(C)(N)CO)SC1CCOC1C. The summed E-state index contributed by atoms with van der Waals surface area (Å²) in [6.07, 6.45) is 2.34. The minimum atomic E-state index is -0.449. The van der Waals surface area contributed by atoms with E-state index in [2.05, 4.69) is 13.8 Å². The van der Waals surface area contributed by atoms with Gasteiger partial charge >= 0.3 is 0 Å². The molecule has 1 heterocycles. The maximum atomic E-state index is 9.10. The third kappa shape index (κ3) is 4.31. The molecule has 0 spiro atoms. The summed E-state index contributed by atoms with van der Waals surface area (Å²) in [4.78, 5) is 0. The van der Waals surface area contributed by atoms with Gasteiger partial charge in [-0.25, -0.2) is 0 Å². The van der Waals surface area contributed by atoms with Crippen molar-refractivity contribution in [2.24, 2.45) is 5.73 Å². The van der Waals surface area contributed by atoms with Crippen molar-refractivity contribution in [3.05, 3.63) is 0 Å². The van der Waals surface area contributed by atoms with Crippen molar-refractivity contribution in [2.75, 3.05) is 13.2 Å². The van der Waals surface area contributed by atoms with E-state index >= 15 is 0 Å². The lowest BCUT2D eigenvalue weighted by molar-refractivity contribution is 0.127. The smallest absolute Gasteiger partial charge is 0.0666 e. The molecule has 3 nitrogen and oxygen atoms in total. The van der Waals surface area contributed by atoms with Crippen molar-refractivity contribution in [3.8, 4) is 0 Å². The molecule has 3 N–H and O–H groups in total. The molecule has 0 saturated carbocycles. The number of rotatable bonds is 5. The molecule has 1 rings (SSSR count). The maximum Gasteiger partial charge on any atom is 0.0666 e. The van der Waals surface area contributed by atoms with Crippen LogP contribution in [0.4, 0.5) is 0 Å². The molecule has 1 aliphatic rings. The molecule has 4 atom stereocenters. The molecular formula is C11H23NO2S. The van der Waals surface area contributed by atoms with Crippen LogP contribution in [-0.4, -0.2) is 40.5 Å². The Balaban J connectivity index is 2.32. The highest BCUT2D eigenvalue weighted by Crippen LogP contribution is 2.32. The Labute approximate surface area is 96.8 Å². The monoisotopic (exact) mass is 233 g/mol. The molecule has 4 heteroatoms. The number of hydrogen-bond donors (Lipinski definition) is 2. The lowest BCUT2D eigenvalue weighted by atomic mass is 9.99. The average molecular weight is 233 g/mol. The third-order valence-electron chi connectivity index (χ3n) is 2.83. The van der Waals surface area contributed by atoms with Gasteiger partial charge in [0, 0.05) is 22.6 Å². The first-order valence-corrected chi connectivity index (χ1v) is 6.56. The molecule has 0 radical (unpaired) electrons. The number of thioether (sulfide) groups is 1. The van der Waals surface area contributed by atoms with Crippen LogP contribution in [0.5, 0.6) is 0 Å². The van der Waals surface area contributed by atoms with Crippen LogP contribution in [0, 0.1) is 0 Å². The molecule has 0 aromatic carbocycles. The zero-order valence-electron chi connectivity index (χ0n) is 9.90. The van der Waals surface area contributed by atoms with Gasteiger partial charge in [-0.2, -0.15) is 11.8 Å². The predicted octanol–water partition coefficient (Wildman–Crippen LogP) is 1.39. The lowest BCUT2D eigenvalue weighted by Gasteiger charge is -2.27. The molecule has 0 amide bonds. The average Bonchev–Trinajstić information content (AvgIpc) is 2.51. The van der Waals surface area contributed by atoms with Crippen molar-refractivity contribution < 1.29 is 9.84 Å². The van der Waals surface area contributed by atoms with Crippen molar-refractivity contribution >= 4 is 11.8 Å². The Morgan fingerprint density at radius 3 is 2.80 bits per heavy atom. The molecule has 1 saturated heterocycles. The Hall–Kier alpha value is 0.230. The van der Waals surface area contributed by atoms with Gasteiger partial charge in [0.05, 0.1) is 12.7 Å². The number of ether oxygens (including phenoxy) is 1. The van der Waals surface area contributed by atoms with Crippen LogP contribution in [0.25, 0.3) is 0 Å². The van der Waals surface area contributed by atoms with Gasteiger partial charge in [0.1, 0.15) is 0 Å². The molecule has 0 aromatic heterocycles. The summed E-state index contributed by atoms with van der Waals surface area (Å²) in [6, 6.07) is 0.